The first-order chi connectivity index (χ1) is 18.0. The Labute approximate surface area is 228 Å². The summed E-state index contributed by atoms with van der Waals surface area (Å²) in [6, 6.07) is 15.3. The zero-order valence-electron chi connectivity index (χ0n) is 20.8. The van der Waals surface area contributed by atoms with Crippen molar-refractivity contribution in [2.75, 3.05) is 38.5 Å². The molecule has 5 rings (SSSR count). The monoisotopic (exact) mass is 538 g/mol. The summed E-state index contributed by atoms with van der Waals surface area (Å²) in [4.78, 5) is 22.2. The molecule has 2 aliphatic heterocycles. The highest BCUT2D eigenvalue weighted by Crippen LogP contribution is 2.30. The minimum Gasteiger partial charge on any atom is -0.489 e. The van der Waals surface area contributed by atoms with Crippen molar-refractivity contribution in [1.82, 2.24) is 14.8 Å². The van der Waals surface area contributed by atoms with E-state index in [0.29, 0.717) is 46.2 Å². The van der Waals surface area contributed by atoms with E-state index in [4.69, 9.17) is 33.7 Å². The molecule has 2 N–H and O–H groups in total. The van der Waals surface area contributed by atoms with Crippen molar-refractivity contribution in [2.45, 2.75) is 38.1 Å². The highest BCUT2D eigenvalue weighted by Gasteiger charge is 2.31. The Hall–Kier alpha value is -2.80. The summed E-state index contributed by atoms with van der Waals surface area (Å²) in [5.41, 5.74) is 9.44. The number of halogens is 2. The normalized spacial score (nSPS) is 17.9. The molecule has 2 aromatic carbocycles. The van der Waals surface area contributed by atoms with Gasteiger partial charge in [-0.05, 0) is 80.2 Å². The van der Waals surface area contributed by atoms with Gasteiger partial charge in [0.2, 0.25) is 0 Å². The minimum atomic E-state index is 0.117. The number of hydrogen-bond acceptors (Lipinski definition) is 5. The minimum absolute atomic E-state index is 0.117. The molecule has 0 aliphatic carbocycles. The highest BCUT2D eigenvalue weighted by molar-refractivity contribution is 6.36. The maximum Gasteiger partial charge on any atom is 0.254 e. The Kier molecular flexibility index (Phi) is 8.18. The SMILES string of the molecule is Nc1ncc(-c2ccc(C(=O)N3CCCC3CN3CCCC3)cc2)cc1OCCc1c(Cl)cccc1Cl. The Morgan fingerprint density at radius 1 is 1.00 bits per heavy atom. The van der Waals surface area contributed by atoms with Gasteiger partial charge in [-0.1, -0.05) is 41.4 Å². The van der Waals surface area contributed by atoms with Crippen molar-refractivity contribution in [1.29, 1.82) is 0 Å². The number of carbonyl (C=O) groups excluding carboxylic acids is 1. The lowest BCUT2D eigenvalue weighted by atomic mass is 10.0. The number of nitrogens with two attached hydrogens (primary N) is 1. The maximum absolute atomic E-state index is 13.3. The van der Waals surface area contributed by atoms with Crippen molar-refractivity contribution < 1.29 is 9.53 Å². The van der Waals surface area contributed by atoms with Crippen LogP contribution in [-0.2, 0) is 6.42 Å². The molecule has 8 heteroatoms. The molecule has 6 nitrogen and oxygen atoms in total. The fourth-order valence-corrected chi connectivity index (χ4v) is 5.88. The van der Waals surface area contributed by atoms with E-state index in [2.05, 4.69) is 14.8 Å². The van der Waals surface area contributed by atoms with E-state index >= 15 is 0 Å². The first-order valence-electron chi connectivity index (χ1n) is 12.9. The van der Waals surface area contributed by atoms with Gasteiger partial charge in [0.1, 0.15) is 0 Å². The zero-order chi connectivity index (χ0) is 25.8. The quantitative estimate of drug-likeness (QED) is 0.383. The Balaban J connectivity index is 1.24. The van der Waals surface area contributed by atoms with Crippen LogP contribution in [0.1, 0.15) is 41.6 Å². The standard InChI is InChI=1S/C29H32Cl2N4O2/c30-25-6-3-7-26(31)24(25)12-16-37-27-17-22(18-33-28(27)32)20-8-10-21(11-9-20)29(36)35-15-4-5-23(35)19-34-13-1-2-14-34/h3,6-11,17-18,23H,1-2,4-5,12-16,19H2,(H2,32,33). The number of benzene rings is 2. The molecular weight excluding hydrogens is 507 g/mol. The Bertz CT molecular complexity index is 1220. The molecule has 0 spiro atoms. The van der Waals surface area contributed by atoms with E-state index in [0.717, 1.165) is 55.7 Å². The lowest BCUT2D eigenvalue weighted by Crippen LogP contribution is -2.42. The number of anilines is 1. The van der Waals surface area contributed by atoms with Gasteiger partial charge in [0, 0.05) is 52.9 Å². The lowest BCUT2D eigenvalue weighted by Gasteiger charge is -2.28. The number of aromatic nitrogens is 1. The van der Waals surface area contributed by atoms with Gasteiger partial charge in [-0.25, -0.2) is 4.98 Å². The third kappa shape index (κ3) is 6.03. The molecule has 1 amide bonds. The van der Waals surface area contributed by atoms with Gasteiger partial charge < -0.3 is 20.3 Å². The number of rotatable bonds is 8. The van der Waals surface area contributed by atoms with E-state index < -0.39 is 0 Å². The van der Waals surface area contributed by atoms with E-state index in [1.54, 1.807) is 6.20 Å². The van der Waals surface area contributed by atoms with Gasteiger partial charge in [0.05, 0.1) is 6.61 Å². The predicted octanol–water partition coefficient (Wildman–Crippen LogP) is 5.96. The first kappa shape index (κ1) is 25.8. The van der Waals surface area contributed by atoms with Crippen LogP contribution in [0.15, 0.2) is 54.7 Å². The number of nitrogens with zero attached hydrogens (tertiary/aromatic N) is 3. The second-order valence-corrected chi connectivity index (χ2v) is 10.6. The van der Waals surface area contributed by atoms with Crippen LogP contribution in [0.3, 0.4) is 0 Å². The number of ether oxygens (including phenoxy) is 1. The summed E-state index contributed by atoms with van der Waals surface area (Å²) in [6.45, 7) is 4.50. The lowest BCUT2D eigenvalue weighted by molar-refractivity contribution is 0.0709. The number of carbonyl (C=O) groups is 1. The molecule has 2 aliphatic rings. The third-order valence-corrected chi connectivity index (χ3v) is 8.03. The van der Waals surface area contributed by atoms with Crippen molar-refractivity contribution >= 4 is 34.9 Å². The number of pyridine rings is 1. The van der Waals surface area contributed by atoms with Crippen LogP contribution < -0.4 is 10.5 Å². The van der Waals surface area contributed by atoms with E-state index in [1.807, 2.05) is 48.5 Å². The number of amides is 1. The second kappa shape index (κ2) is 11.7. The first-order valence-corrected chi connectivity index (χ1v) is 13.7. The smallest absolute Gasteiger partial charge is 0.254 e. The number of likely N-dealkylation sites (tertiary alicyclic amines) is 2. The van der Waals surface area contributed by atoms with Crippen molar-refractivity contribution in [3.8, 4) is 16.9 Å². The van der Waals surface area contributed by atoms with Crippen molar-refractivity contribution in [3.63, 3.8) is 0 Å². The molecule has 0 radical (unpaired) electrons. The predicted molar refractivity (Wildman–Crippen MR) is 149 cm³/mol. The average Bonchev–Trinajstić information content (AvgIpc) is 3.59. The third-order valence-electron chi connectivity index (χ3n) is 7.32. The molecule has 0 saturated carbocycles. The fourth-order valence-electron chi connectivity index (χ4n) is 5.29. The summed E-state index contributed by atoms with van der Waals surface area (Å²) in [6.07, 6.45) is 6.97. The van der Waals surface area contributed by atoms with Gasteiger partial charge in [-0.15, -0.1) is 0 Å². The van der Waals surface area contributed by atoms with Crippen LogP contribution >= 0.6 is 23.2 Å². The summed E-state index contributed by atoms with van der Waals surface area (Å²) in [5, 5.41) is 1.23. The van der Waals surface area contributed by atoms with Gasteiger partial charge in [-0.3, -0.25) is 4.79 Å². The van der Waals surface area contributed by atoms with Gasteiger partial charge in [0.25, 0.3) is 5.91 Å². The number of nitrogen functional groups attached to an aromatic ring is 1. The maximum atomic E-state index is 13.3. The van der Waals surface area contributed by atoms with Crippen LogP contribution in [-0.4, -0.2) is 59.5 Å². The fraction of sp³-hybridized carbons (Fsp3) is 0.379. The number of hydrogen-bond donors (Lipinski definition) is 1. The molecule has 1 atom stereocenters. The van der Waals surface area contributed by atoms with Gasteiger partial charge in [0.15, 0.2) is 11.6 Å². The summed E-state index contributed by atoms with van der Waals surface area (Å²) < 4.78 is 5.94. The zero-order valence-corrected chi connectivity index (χ0v) is 22.3. The summed E-state index contributed by atoms with van der Waals surface area (Å²) in [7, 11) is 0. The van der Waals surface area contributed by atoms with Crippen LogP contribution in [0.5, 0.6) is 5.75 Å². The van der Waals surface area contributed by atoms with E-state index in [-0.39, 0.29) is 5.91 Å². The van der Waals surface area contributed by atoms with Crippen LogP contribution in [0, 0.1) is 0 Å². The summed E-state index contributed by atoms with van der Waals surface area (Å²) >= 11 is 12.5. The Morgan fingerprint density at radius 2 is 1.73 bits per heavy atom. The molecule has 194 valence electrons. The van der Waals surface area contributed by atoms with Crippen molar-refractivity contribution in [3.05, 3.63) is 75.9 Å². The molecule has 0 bridgehead atoms. The summed E-state index contributed by atoms with van der Waals surface area (Å²) in [5.74, 6) is 0.937. The molecule has 3 aromatic rings. The molecule has 2 fully saturated rings. The average molecular weight is 540 g/mol. The molecular formula is C29H32Cl2N4O2. The largest absolute Gasteiger partial charge is 0.489 e. The van der Waals surface area contributed by atoms with Gasteiger partial charge in [-0.2, -0.15) is 0 Å². The molecule has 1 aromatic heterocycles. The molecule has 2 saturated heterocycles. The van der Waals surface area contributed by atoms with Crippen LogP contribution in [0.25, 0.3) is 11.1 Å². The molecule has 1 unspecified atom stereocenters. The van der Waals surface area contributed by atoms with E-state index in [9.17, 15) is 4.79 Å². The topological polar surface area (TPSA) is 71.7 Å². The Morgan fingerprint density at radius 3 is 2.46 bits per heavy atom. The van der Waals surface area contributed by atoms with Gasteiger partial charge >= 0.3 is 0 Å². The molecule has 37 heavy (non-hydrogen) atoms. The van der Waals surface area contributed by atoms with Crippen molar-refractivity contribution in [2.24, 2.45) is 0 Å². The molecule has 3 heterocycles. The highest BCUT2D eigenvalue weighted by atomic mass is 35.5. The van der Waals surface area contributed by atoms with Crippen LogP contribution in [0.2, 0.25) is 10.0 Å². The second-order valence-electron chi connectivity index (χ2n) is 9.79. The van der Waals surface area contributed by atoms with Crippen LogP contribution in [0.4, 0.5) is 5.82 Å². The van der Waals surface area contributed by atoms with E-state index in [1.165, 1.54) is 12.8 Å².